The zero-order chi connectivity index (χ0) is 13.8. The molecule has 1 N–H and O–H groups in total. The van der Waals surface area contributed by atoms with E-state index < -0.39 is 0 Å². The second kappa shape index (κ2) is 6.68. The zero-order valence-electron chi connectivity index (χ0n) is 12.3. The van der Waals surface area contributed by atoms with E-state index in [2.05, 4.69) is 22.4 Å². The number of aromatic nitrogens is 2. The maximum absolute atomic E-state index is 5.57. The lowest BCUT2D eigenvalue weighted by atomic mass is 9.84. The predicted molar refractivity (Wildman–Crippen MR) is 75.8 cm³/mol. The molecule has 5 heteroatoms. The molecule has 2 heterocycles. The van der Waals surface area contributed by atoms with Crippen molar-refractivity contribution in [2.75, 3.05) is 19.8 Å². The molecular formula is C15H25N3O2. The molecule has 20 heavy (non-hydrogen) atoms. The summed E-state index contributed by atoms with van der Waals surface area (Å²) in [5.74, 6) is 2.40. The molecular weight excluding hydrogens is 254 g/mol. The number of nitrogens with one attached hydrogen (secondary N) is 1. The Balaban J connectivity index is 1.69. The molecule has 1 aromatic heterocycles. The minimum absolute atomic E-state index is 0.332. The molecule has 1 aromatic rings. The predicted octanol–water partition coefficient (Wildman–Crippen LogP) is 2.60. The SMILES string of the molecule is CCCNC1CCCCC1c1nc(C2CCOC2)no1. The zero-order valence-corrected chi connectivity index (χ0v) is 12.3. The van der Waals surface area contributed by atoms with Gasteiger partial charge < -0.3 is 14.6 Å². The van der Waals surface area contributed by atoms with E-state index in [4.69, 9.17) is 9.26 Å². The summed E-state index contributed by atoms with van der Waals surface area (Å²) in [6.07, 6.45) is 7.12. The normalized spacial score (nSPS) is 30.8. The van der Waals surface area contributed by atoms with Crippen LogP contribution in [-0.2, 0) is 4.74 Å². The van der Waals surface area contributed by atoms with Gasteiger partial charge in [-0.2, -0.15) is 4.98 Å². The average molecular weight is 279 g/mol. The third-order valence-corrected chi connectivity index (χ3v) is 4.49. The van der Waals surface area contributed by atoms with Gasteiger partial charge in [0.2, 0.25) is 5.89 Å². The quantitative estimate of drug-likeness (QED) is 0.897. The summed E-state index contributed by atoms with van der Waals surface area (Å²) in [5.41, 5.74) is 0. The fraction of sp³-hybridized carbons (Fsp3) is 0.867. The first-order valence-corrected chi connectivity index (χ1v) is 8.03. The van der Waals surface area contributed by atoms with E-state index in [0.717, 1.165) is 50.7 Å². The molecule has 0 amide bonds. The molecule has 2 fully saturated rings. The summed E-state index contributed by atoms with van der Waals surface area (Å²) >= 11 is 0. The number of rotatable bonds is 5. The van der Waals surface area contributed by atoms with Crippen molar-refractivity contribution in [2.45, 2.75) is 63.3 Å². The van der Waals surface area contributed by atoms with Gasteiger partial charge in [0, 0.05) is 18.6 Å². The van der Waals surface area contributed by atoms with Crippen LogP contribution in [0.15, 0.2) is 4.52 Å². The molecule has 1 aliphatic heterocycles. The number of hydrogen-bond donors (Lipinski definition) is 1. The fourth-order valence-corrected chi connectivity index (χ4v) is 3.30. The molecule has 5 nitrogen and oxygen atoms in total. The van der Waals surface area contributed by atoms with E-state index in [9.17, 15) is 0 Å². The van der Waals surface area contributed by atoms with Crippen molar-refractivity contribution in [1.82, 2.24) is 15.5 Å². The second-order valence-corrected chi connectivity index (χ2v) is 6.00. The Hall–Kier alpha value is -0.940. The molecule has 112 valence electrons. The minimum Gasteiger partial charge on any atom is -0.381 e. The van der Waals surface area contributed by atoms with Gasteiger partial charge in [-0.3, -0.25) is 0 Å². The van der Waals surface area contributed by atoms with Gasteiger partial charge in [-0.15, -0.1) is 0 Å². The summed E-state index contributed by atoms with van der Waals surface area (Å²) in [4.78, 5) is 4.68. The van der Waals surface area contributed by atoms with Gasteiger partial charge in [-0.25, -0.2) is 0 Å². The maximum atomic E-state index is 5.57. The standard InChI is InChI=1S/C15H25N3O2/c1-2-8-16-13-6-4-3-5-12(13)15-17-14(18-20-15)11-7-9-19-10-11/h11-13,16H,2-10H2,1H3. The van der Waals surface area contributed by atoms with E-state index in [1.165, 1.54) is 19.3 Å². The number of hydrogen-bond acceptors (Lipinski definition) is 5. The van der Waals surface area contributed by atoms with Gasteiger partial charge >= 0.3 is 0 Å². The topological polar surface area (TPSA) is 60.2 Å². The Bertz CT molecular complexity index is 415. The average Bonchev–Trinajstić information content (AvgIpc) is 3.15. The van der Waals surface area contributed by atoms with Crippen molar-refractivity contribution in [2.24, 2.45) is 0 Å². The van der Waals surface area contributed by atoms with Crippen LogP contribution >= 0.6 is 0 Å². The Morgan fingerprint density at radius 1 is 1.25 bits per heavy atom. The highest BCUT2D eigenvalue weighted by molar-refractivity contribution is 5.04. The largest absolute Gasteiger partial charge is 0.381 e. The summed E-state index contributed by atoms with van der Waals surface area (Å²) in [5, 5.41) is 7.84. The van der Waals surface area contributed by atoms with Gasteiger partial charge in [0.05, 0.1) is 12.5 Å². The van der Waals surface area contributed by atoms with Crippen LogP contribution in [0.25, 0.3) is 0 Å². The van der Waals surface area contributed by atoms with Gasteiger partial charge in [0.1, 0.15) is 0 Å². The van der Waals surface area contributed by atoms with Crippen LogP contribution in [0, 0.1) is 0 Å². The van der Waals surface area contributed by atoms with E-state index in [1.54, 1.807) is 0 Å². The smallest absolute Gasteiger partial charge is 0.231 e. The van der Waals surface area contributed by atoms with E-state index in [-0.39, 0.29) is 0 Å². The molecule has 3 atom stereocenters. The van der Waals surface area contributed by atoms with Crippen molar-refractivity contribution < 1.29 is 9.26 Å². The fourth-order valence-electron chi connectivity index (χ4n) is 3.30. The van der Waals surface area contributed by atoms with Crippen LogP contribution in [0.5, 0.6) is 0 Å². The van der Waals surface area contributed by atoms with Crippen molar-refractivity contribution in [3.8, 4) is 0 Å². The Morgan fingerprint density at radius 2 is 2.15 bits per heavy atom. The highest BCUT2D eigenvalue weighted by Crippen LogP contribution is 2.33. The first kappa shape index (κ1) is 14.0. The molecule has 3 rings (SSSR count). The van der Waals surface area contributed by atoms with E-state index >= 15 is 0 Å². The molecule has 0 spiro atoms. The van der Waals surface area contributed by atoms with Gasteiger partial charge in [0.15, 0.2) is 5.82 Å². The highest BCUT2D eigenvalue weighted by atomic mass is 16.5. The molecule has 1 saturated carbocycles. The van der Waals surface area contributed by atoms with Crippen molar-refractivity contribution in [3.05, 3.63) is 11.7 Å². The first-order valence-electron chi connectivity index (χ1n) is 8.03. The van der Waals surface area contributed by atoms with Crippen molar-refractivity contribution >= 4 is 0 Å². The van der Waals surface area contributed by atoms with E-state index in [0.29, 0.717) is 17.9 Å². The van der Waals surface area contributed by atoms with Crippen LogP contribution in [0.2, 0.25) is 0 Å². The third kappa shape index (κ3) is 3.04. The monoisotopic (exact) mass is 279 g/mol. The van der Waals surface area contributed by atoms with Crippen LogP contribution < -0.4 is 5.32 Å². The lowest BCUT2D eigenvalue weighted by Gasteiger charge is -2.29. The lowest BCUT2D eigenvalue weighted by Crippen LogP contribution is -2.37. The van der Waals surface area contributed by atoms with Gasteiger partial charge in [-0.05, 0) is 32.2 Å². The second-order valence-electron chi connectivity index (χ2n) is 6.00. The molecule has 0 radical (unpaired) electrons. The molecule has 0 aromatic carbocycles. The maximum Gasteiger partial charge on any atom is 0.231 e. The van der Waals surface area contributed by atoms with E-state index in [1.807, 2.05) is 0 Å². The Morgan fingerprint density at radius 3 is 2.95 bits per heavy atom. The summed E-state index contributed by atoms with van der Waals surface area (Å²) in [7, 11) is 0. The summed E-state index contributed by atoms with van der Waals surface area (Å²) in [6.45, 7) is 4.83. The lowest BCUT2D eigenvalue weighted by molar-refractivity contribution is 0.192. The molecule has 1 saturated heterocycles. The van der Waals surface area contributed by atoms with Gasteiger partial charge in [0.25, 0.3) is 0 Å². The number of ether oxygens (including phenoxy) is 1. The van der Waals surface area contributed by atoms with Crippen LogP contribution in [-0.4, -0.2) is 35.9 Å². The highest BCUT2D eigenvalue weighted by Gasteiger charge is 2.32. The Kier molecular flexibility index (Phi) is 4.68. The van der Waals surface area contributed by atoms with Crippen LogP contribution in [0.1, 0.15) is 69.0 Å². The molecule has 0 bridgehead atoms. The van der Waals surface area contributed by atoms with Crippen molar-refractivity contribution in [1.29, 1.82) is 0 Å². The molecule has 1 aliphatic carbocycles. The minimum atomic E-state index is 0.332. The Labute approximate surface area is 120 Å². The summed E-state index contributed by atoms with van der Waals surface area (Å²) in [6, 6.07) is 0.497. The first-order chi connectivity index (χ1) is 9.88. The molecule has 3 unspecified atom stereocenters. The number of nitrogens with zero attached hydrogens (tertiary/aromatic N) is 2. The molecule has 2 aliphatic rings. The van der Waals surface area contributed by atoms with Gasteiger partial charge in [-0.1, -0.05) is 24.9 Å². The summed E-state index contributed by atoms with van der Waals surface area (Å²) < 4.78 is 11.0. The third-order valence-electron chi connectivity index (χ3n) is 4.49. The van der Waals surface area contributed by atoms with Crippen LogP contribution in [0.3, 0.4) is 0 Å². The van der Waals surface area contributed by atoms with Crippen molar-refractivity contribution in [3.63, 3.8) is 0 Å². The van der Waals surface area contributed by atoms with Crippen LogP contribution in [0.4, 0.5) is 0 Å².